The van der Waals surface area contributed by atoms with Gasteiger partial charge in [-0.15, -0.1) is 0 Å². The van der Waals surface area contributed by atoms with Crippen LogP contribution in [0.2, 0.25) is 0 Å². The normalized spacial score (nSPS) is 11.4. The molecule has 2 heteroatoms. The molecule has 0 aliphatic heterocycles. The van der Waals surface area contributed by atoms with E-state index in [2.05, 4.69) is 6.92 Å². The van der Waals surface area contributed by atoms with Crippen LogP contribution in [0.15, 0.2) is 24.3 Å². The fraction of sp³-hybridized carbons (Fsp3) is 0.333. The number of carboxylic acid groups (broad SMARTS) is 1. The lowest BCUT2D eigenvalue weighted by Crippen LogP contribution is -2.28. The third-order valence-corrected chi connectivity index (χ3v) is 2.47. The second kappa shape index (κ2) is 3.82. The number of hydrogen-bond donors (Lipinski definition) is 1. The minimum Gasteiger partial charge on any atom is -0.481 e. The highest BCUT2D eigenvalue weighted by atomic mass is 16.4. The molecule has 0 saturated heterocycles. The van der Waals surface area contributed by atoms with Crippen LogP contribution in [0.4, 0.5) is 0 Å². The first-order chi connectivity index (χ1) is 6.48. The highest BCUT2D eigenvalue weighted by Crippen LogP contribution is 2.24. The summed E-state index contributed by atoms with van der Waals surface area (Å²) >= 11 is 0. The van der Waals surface area contributed by atoms with E-state index in [0.717, 1.165) is 11.1 Å². The summed E-state index contributed by atoms with van der Waals surface area (Å²) in [6.07, 6.45) is 0.684. The maximum Gasteiger partial charge on any atom is 0.313 e. The van der Waals surface area contributed by atoms with Gasteiger partial charge in [-0.05, 0) is 38.3 Å². The van der Waals surface area contributed by atoms with E-state index in [9.17, 15) is 4.79 Å². The summed E-state index contributed by atoms with van der Waals surface area (Å²) in [5, 5.41) is 9.04. The molecule has 0 heterocycles. The van der Waals surface area contributed by atoms with Crippen molar-refractivity contribution < 1.29 is 9.90 Å². The van der Waals surface area contributed by atoms with E-state index in [4.69, 9.17) is 5.11 Å². The van der Waals surface area contributed by atoms with E-state index >= 15 is 0 Å². The van der Waals surface area contributed by atoms with Gasteiger partial charge in [-0.1, -0.05) is 24.3 Å². The molecule has 0 aliphatic carbocycles. The maximum absolute atomic E-state index is 11.0. The van der Waals surface area contributed by atoms with Crippen LogP contribution in [-0.2, 0) is 16.6 Å². The zero-order chi connectivity index (χ0) is 10.8. The molecule has 0 aliphatic rings. The van der Waals surface area contributed by atoms with Gasteiger partial charge in [0.25, 0.3) is 0 Å². The van der Waals surface area contributed by atoms with Crippen molar-refractivity contribution in [3.63, 3.8) is 0 Å². The molecule has 0 fully saturated rings. The van der Waals surface area contributed by atoms with Crippen molar-refractivity contribution in [1.82, 2.24) is 0 Å². The fourth-order valence-corrected chi connectivity index (χ4v) is 1.24. The van der Waals surface area contributed by atoms with Gasteiger partial charge in [-0.3, -0.25) is 4.79 Å². The van der Waals surface area contributed by atoms with Crippen molar-refractivity contribution >= 4 is 5.97 Å². The Hall–Kier alpha value is -1.31. The number of hydrogen-bond acceptors (Lipinski definition) is 1. The molecule has 0 atom stereocenters. The summed E-state index contributed by atoms with van der Waals surface area (Å²) in [4.78, 5) is 11.0. The van der Waals surface area contributed by atoms with Crippen LogP contribution in [0.1, 0.15) is 25.0 Å². The van der Waals surface area contributed by atoms with Crippen LogP contribution in [-0.4, -0.2) is 11.1 Å². The largest absolute Gasteiger partial charge is 0.481 e. The number of rotatable bonds is 3. The highest BCUT2D eigenvalue weighted by molar-refractivity contribution is 5.80. The quantitative estimate of drug-likeness (QED) is 0.796. The highest BCUT2D eigenvalue weighted by Gasteiger charge is 2.29. The second-order valence-corrected chi connectivity index (χ2v) is 3.88. The van der Waals surface area contributed by atoms with Crippen LogP contribution in [0.5, 0.6) is 0 Å². The Morgan fingerprint density at radius 1 is 1.50 bits per heavy atom. The first-order valence-electron chi connectivity index (χ1n) is 4.60. The molecule has 14 heavy (non-hydrogen) atoms. The van der Waals surface area contributed by atoms with E-state index in [0.29, 0.717) is 6.42 Å². The Labute approximate surface area is 84.6 Å². The van der Waals surface area contributed by atoms with Crippen molar-refractivity contribution in [2.75, 3.05) is 0 Å². The molecule has 1 radical (unpaired) electrons. The summed E-state index contributed by atoms with van der Waals surface area (Å²) in [7, 11) is 0. The molecule has 1 N–H and O–H groups in total. The summed E-state index contributed by atoms with van der Waals surface area (Å²) in [6, 6.07) is 7.57. The first kappa shape index (κ1) is 10.8. The monoisotopic (exact) mass is 191 g/mol. The molecule has 0 amide bonds. The van der Waals surface area contributed by atoms with Gasteiger partial charge in [0.05, 0.1) is 5.41 Å². The van der Waals surface area contributed by atoms with Crippen LogP contribution in [0.3, 0.4) is 0 Å². The van der Waals surface area contributed by atoms with E-state index in [1.54, 1.807) is 13.8 Å². The lowest BCUT2D eigenvalue weighted by Gasteiger charge is -2.20. The Morgan fingerprint density at radius 2 is 2.14 bits per heavy atom. The molecule has 0 saturated carbocycles. The van der Waals surface area contributed by atoms with Gasteiger partial charge in [0.2, 0.25) is 0 Å². The molecular formula is C12H15O2. The van der Waals surface area contributed by atoms with Crippen molar-refractivity contribution in [1.29, 1.82) is 0 Å². The first-order valence-corrected chi connectivity index (χ1v) is 4.60. The summed E-state index contributed by atoms with van der Waals surface area (Å²) in [6.45, 7) is 7.19. The Bertz CT molecular complexity index is 340. The van der Waals surface area contributed by atoms with Crippen LogP contribution in [0, 0.1) is 6.92 Å². The number of carboxylic acids is 1. The molecule has 0 spiro atoms. The molecular weight excluding hydrogens is 176 g/mol. The molecule has 2 nitrogen and oxygen atoms in total. The minimum atomic E-state index is -0.828. The molecule has 1 aromatic carbocycles. The van der Waals surface area contributed by atoms with Gasteiger partial charge >= 0.3 is 5.97 Å². The predicted octanol–water partition coefficient (Wildman–Crippen LogP) is 2.43. The van der Waals surface area contributed by atoms with Crippen molar-refractivity contribution in [3.05, 3.63) is 42.3 Å². The number of benzene rings is 1. The Balaban J connectivity index is 3.12. The van der Waals surface area contributed by atoms with Crippen LogP contribution >= 0.6 is 0 Å². The lowest BCUT2D eigenvalue weighted by molar-refractivity contribution is -0.142. The van der Waals surface area contributed by atoms with Gasteiger partial charge in [-0.25, -0.2) is 0 Å². The molecule has 1 rings (SSSR count). The Morgan fingerprint density at radius 3 is 2.64 bits per heavy atom. The maximum atomic E-state index is 11.0. The molecule has 0 bridgehead atoms. The molecule has 0 aromatic heterocycles. The third kappa shape index (κ3) is 1.95. The van der Waals surface area contributed by atoms with Gasteiger partial charge in [0.15, 0.2) is 0 Å². The zero-order valence-corrected chi connectivity index (χ0v) is 8.58. The number of carbonyl (C=O) groups is 1. The average molecular weight is 191 g/mol. The third-order valence-electron chi connectivity index (χ3n) is 2.47. The van der Waals surface area contributed by atoms with E-state index < -0.39 is 11.4 Å². The van der Waals surface area contributed by atoms with Crippen molar-refractivity contribution in [3.8, 4) is 0 Å². The van der Waals surface area contributed by atoms with E-state index in [1.807, 2.05) is 24.3 Å². The standard InChI is InChI=1S/C12H15O2/c1-4-9-6-5-7-10(8-9)12(2,3)11(13)14/h5-8H,1,4H2,2-3H3,(H,13,14). The molecule has 0 unspecified atom stereocenters. The predicted molar refractivity (Wildman–Crippen MR) is 56.2 cm³/mol. The minimum absolute atomic E-state index is 0.684. The lowest BCUT2D eigenvalue weighted by atomic mass is 9.84. The van der Waals surface area contributed by atoms with Crippen molar-refractivity contribution in [2.45, 2.75) is 25.7 Å². The topological polar surface area (TPSA) is 37.3 Å². The van der Waals surface area contributed by atoms with E-state index in [1.165, 1.54) is 0 Å². The number of aliphatic carboxylic acids is 1. The van der Waals surface area contributed by atoms with Crippen molar-refractivity contribution in [2.24, 2.45) is 0 Å². The smallest absolute Gasteiger partial charge is 0.313 e. The average Bonchev–Trinajstić information content (AvgIpc) is 2.17. The fourth-order valence-electron chi connectivity index (χ4n) is 1.24. The van der Waals surface area contributed by atoms with Gasteiger partial charge in [0.1, 0.15) is 0 Å². The molecule has 1 aromatic rings. The summed E-state index contributed by atoms with van der Waals surface area (Å²) in [5.41, 5.74) is 1.06. The Kier molecular flexibility index (Phi) is 2.94. The van der Waals surface area contributed by atoms with E-state index in [-0.39, 0.29) is 0 Å². The summed E-state index contributed by atoms with van der Waals surface area (Å²) < 4.78 is 0. The van der Waals surface area contributed by atoms with Crippen LogP contribution < -0.4 is 0 Å². The van der Waals surface area contributed by atoms with Gasteiger partial charge in [0, 0.05) is 0 Å². The van der Waals surface area contributed by atoms with Crippen LogP contribution in [0.25, 0.3) is 0 Å². The second-order valence-electron chi connectivity index (χ2n) is 3.88. The summed E-state index contributed by atoms with van der Waals surface area (Å²) in [5.74, 6) is -0.807. The van der Waals surface area contributed by atoms with Gasteiger partial charge in [-0.2, -0.15) is 0 Å². The zero-order valence-electron chi connectivity index (χ0n) is 8.58. The van der Waals surface area contributed by atoms with Gasteiger partial charge < -0.3 is 5.11 Å². The molecule has 75 valence electrons. The SMILES string of the molecule is [CH2]Cc1cccc(C(C)(C)C(=O)O)c1.